The molecule has 0 aromatic heterocycles. The third kappa shape index (κ3) is 7.39. The number of esters is 1. The van der Waals surface area contributed by atoms with E-state index in [0.29, 0.717) is 17.4 Å². The first kappa shape index (κ1) is 28.7. The van der Waals surface area contributed by atoms with Gasteiger partial charge >= 0.3 is 5.97 Å². The molecule has 4 rings (SSSR count). The van der Waals surface area contributed by atoms with E-state index in [2.05, 4.69) is 41.7 Å². The lowest BCUT2D eigenvalue weighted by atomic mass is 9.84. The van der Waals surface area contributed by atoms with E-state index >= 15 is 0 Å². The molecule has 0 spiro atoms. The molecule has 1 heterocycles. The van der Waals surface area contributed by atoms with Gasteiger partial charge in [-0.2, -0.15) is 0 Å². The van der Waals surface area contributed by atoms with Crippen LogP contribution in [0.5, 0.6) is 0 Å². The molecule has 0 aliphatic carbocycles. The Hall–Kier alpha value is -2.35. The zero-order valence-corrected chi connectivity index (χ0v) is 24.2. The van der Waals surface area contributed by atoms with Crippen molar-refractivity contribution in [1.82, 2.24) is 5.32 Å². The molecule has 0 radical (unpaired) electrons. The summed E-state index contributed by atoms with van der Waals surface area (Å²) in [5.74, 6) is 1.07. The van der Waals surface area contributed by atoms with Crippen molar-refractivity contribution in [2.24, 2.45) is 0 Å². The average Bonchev–Trinajstić information content (AvgIpc) is 3.50. The molecule has 3 aromatic rings. The quantitative estimate of drug-likeness (QED) is 0.103. The maximum absolute atomic E-state index is 12.9. The fourth-order valence-electron chi connectivity index (χ4n) is 4.78. The molecule has 1 amide bonds. The fraction of sp³-hybridized carbons (Fsp3) is 0.355. The van der Waals surface area contributed by atoms with Crippen molar-refractivity contribution >= 4 is 45.2 Å². The van der Waals surface area contributed by atoms with Crippen LogP contribution < -0.4 is 5.32 Å². The SMILES string of the molecule is COC(=O)C(CSC(c1ccccc1)(c1ccccc1)c1ccccc1)NC(=O)CCCCC1CCSS1. The summed E-state index contributed by atoms with van der Waals surface area (Å²) in [4.78, 5) is 25.7. The zero-order chi connectivity index (χ0) is 26.6. The summed E-state index contributed by atoms with van der Waals surface area (Å²) in [6.07, 6.45) is 4.69. The van der Waals surface area contributed by atoms with E-state index in [0.717, 1.165) is 36.0 Å². The molecule has 2 unspecified atom stereocenters. The van der Waals surface area contributed by atoms with Gasteiger partial charge in [0.05, 0.1) is 11.9 Å². The van der Waals surface area contributed by atoms with Crippen LogP contribution in [0.1, 0.15) is 48.8 Å². The Labute approximate surface area is 238 Å². The second kappa shape index (κ2) is 14.7. The molecule has 1 N–H and O–H groups in total. The topological polar surface area (TPSA) is 55.4 Å². The number of thioether (sulfide) groups is 1. The minimum absolute atomic E-state index is 0.0980. The van der Waals surface area contributed by atoms with E-state index < -0.39 is 16.8 Å². The predicted octanol–water partition coefficient (Wildman–Crippen LogP) is 7.08. The number of unbranched alkanes of at least 4 members (excludes halogenated alkanes) is 1. The summed E-state index contributed by atoms with van der Waals surface area (Å²) in [6, 6.07) is 30.3. The van der Waals surface area contributed by atoms with Gasteiger partial charge in [-0.05, 0) is 36.0 Å². The summed E-state index contributed by atoms with van der Waals surface area (Å²) in [5.41, 5.74) is 3.33. The molecule has 200 valence electrons. The summed E-state index contributed by atoms with van der Waals surface area (Å²) in [5, 5.41) is 3.69. The molecule has 7 heteroatoms. The Balaban J connectivity index is 1.53. The molecule has 1 fully saturated rings. The van der Waals surface area contributed by atoms with Crippen LogP contribution in [0.25, 0.3) is 0 Å². The number of nitrogens with one attached hydrogen (secondary N) is 1. The lowest BCUT2D eigenvalue weighted by Crippen LogP contribution is -2.44. The number of hydrogen-bond acceptors (Lipinski definition) is 6. The van der Waals surface area contributed by atoms with Crippen molar-refractivity contribution in [3.05, 3.63) is 108 Å². The van der Waals surface area contributed by atoms with E-state index in [4.69, 9.17) is 4.74 Å². The van der Waals surface area contributed by atoms with Gasteiger partial charge in [0.15, 0.2) is 0 Å². The first-order valence-electron chi connectivity index (χ1n) is 13.1. The number of carbonyl (C=O) groups is 2. The summed E-state index contributed by atoms with van der Waals surface area (Å²) in [6.45, 7) is 0. The summed E-state index contributed by atoms with van der Waals surface area (Å²) in [7, 11) is 5.30. The average molecular weight is 566 g/mol. The van der Waals surface area contributed by atoms with Crippen LogP contribution in [0.2, 0.25) is 0 Å². The zero-order valence-electron chi connectivity index (χ0n) is 21.7. The van der Waals surface area contributed by atoms with E-state index in [9.17, 15) is 9.59 Å². The Morgan fingerprint density at radius 2 is 1.47 bits per heavy atom. The number of methoxy groups -OCH3 is 1. The highest BCUT2D eigenvalue weighted by Crippen LogP contribution is 2.48. The second-order valence-electron chi connectivity index (χ2n) is 9.31. The molecule has 38 heavy (non-hydrogen) atoms. The maximum atomic E-state index is 12.9. The Bertz CT molecular complexity index is 1040. The fourth-order valence-corrected chi connectivity index (χ4v) is 9.35. The van der Waals surface area contributed by atoms with Gasteiger partial charge in [-0.15, -0.1) is 11.8 Å². The summed E-state index contributed by atoms with van der Waals surface area (Å²) < 4.78 is 4.55. The second-order valence-corrected chi connectivity index (χ2v) is 13.3. The highest BCUT2D eigenvalue weighted by Gasteiger charge is 2.38. The molecule has 1 aliphatic heterocycles. The Morgan fingerprint density at radius 3 is 1.95 bits per heavy atom. The van der Waals surface area contributed by atoms with Crippen molar-refractivity contribution in [3.63, 3.8) is 0 Å². The maximum Gasteiger partial charge on any atom is 0.329 e. The molecule has 4 nitrogen and oxygen atoms in total. The van der Waals surface area contributed by atoms with Crippen LogP contribution in [0.3, 0.4) is 0 Å². The van der Waals surface area contributed by atoms with E-state index in [1.165, 1.54) is 19.3 Å². The normalized spacial score (nSPS) is 16.1. The third-order valence-corrected chi connectivity index (χ3v) is 11.4. The molecule has 0 bridgehead atoms. The third-order valence-electron chi connectivity index (χ3n) is 6.74. The predicted molar refractivity (Wildman–Crippen MR) is 163 cm³/mol. The van der Waals surface area contributed by atoms with Crippen LogP contribution >= 0.6 is 33.3 Å². The molecular weight excluding hydrogens is 531 g/mol. The van der Waals surface area contributed by atoms with Gasteiger partial charge in [0, 0.05) is 23.2 Å². The molecular formula is C31H35NO3S3. The van der Waals surface area contributed by atoms with Crippen LogP contribution in [-0.2, 0) is 19.1 Å². The van der Waals surface area contributed by atoms with Crippen LogP contribution in [0.15, 0.2) is 91.0 Å². The van der Waals surface area contributed by atoms with Crippen molar-refractivity contribution in [3.8, 4) is 0 Å². The standard InChI is InChI=1S/C31H35NO3S3/c1-35-30(34)28(32-29(33)20-12-11-19-27-21-22-37-38-27)23-36-31(24-13-5-2-6-14-24,25-15-7-3-8-16-25)26-17-9-4-10-18-26/h2-10,13-18,27-28H,11-12,19-23H2,1H3,(H,32,33). The molecule has 1 saturated heterocycles. The number of ether oxygens (including phenoxy) is 1. The van der Waals surface area contributed by atoms with Crippen LogP contribution in [-0.4, -0.2) is 41.8 Å². The first-order valence-corrected chi connectivity index (χ1v) is 16.5. The van der Waals surface area contributed by atoms with Gasteiger partial charge in [0.2, 0.25) is 5.91 Å². The number of benzene rings is 3. The highest BCUT2D eigenvalue weighted by atomic mass is 33.1. The van der Waals surface area contributed by atoms with Gasteiger partial charge in [-0.25, -0.2) is 4.79 Å². The number of rotatable bonds is 13. The first-order chi connectivity index (χ1) is 18.6. The monoisotopic (exact) mass is 565 g/mol. The lowest BCUT2D eigenvalue weighted by Gasteiger charge is -2.36. The minimum atomic E-state index is -0.741. The van der Waals surface area contributed by atoms with E-state index in [1.54, 1.807) is 11.8 Å². The van der Waals surface area contributed by atoms with Crippen molar-refractivity contribution in [2.45, 2.75) is 48.1 Å². The molecule has 0 saturated carbocycles. The lowest BCUT2D eigenvalue weighted by molar-refractivity contribution is -0.144. The smallest absolute Gasteiger partial charge is 0.329 e. The van der Waals surface area contributed by atoms with Crippen molar-refractivity contribution < 1.29 is 14.3 Å². The molecule has 3 aromatic carbocycles. The largest absolute Gasteiger partial charge is 0.467 e. The number of hydrogen-bond donors (Lipinski definition) is 1. The van der Waals surface area contributed by atoms with Gasteiger partial charge < -0.3 is 10.1 Å². The Morgan fingerprint density at radius 1 is 0.921 bits per heavy atom. The summed E-state index contributed by atoms with van der Waals surface area (Å²) >= 11 is 1.65. The van der Waals surface area contributed by atoms with Crippen LogP contribution in [0.4, 0.5) is 0 Å². The van der Waals surface area contributed by atoms with E-state index in [-0.39, 0.29) is 5.91 Å². The molecule has 2 atom stereocenters. The Kier molecular flexibility index (Phi) is 11.1. The van der Waals surface area contributed by atoms with Crippen LogP contribution in [0, 0.1) is 0 Å². The minimum Gasteiger partial charge on any atom is -0.467 e. The highest BCUT2D eigenvalue weighted by molar-refractivity contribution is 8.77. The van der Waals surface area contributed by atoms with Gasteiger partial charge in [0.1, 0.15) is 6.04 Å². The number of amides is 1. The van der Waals surface area contributed by atoms with Crippen molar-refractivity contribution in [2.75, 3.05) is 18.6 Å². The number of carbonyl (C=O) groups excluding carboxylic acids is 2. The van der Waals surface area contributed by atoms with Gasteiger partial charge in [0.25, 0.3) is 0 Å². The van der Waals surface area contributed by atoms with E-state index in [1.807, 2.05) is 76.2 Å². The van der Waals surface area contributed by atoms with Gasteiger partial charge in [-0.3, -0.25) is 4.79 Å². The molecule has 1 aliphatic rings. The van der Waals surface area contributed by atoms with Crippen molar-refractivity contribution in [1.29, 1.82) is 0 Å². The van der Waals surface area contributed by atoms with Gasteiger partial charge in [-0.1, -0.05) is 119 Å².